The van der Waals surface area contributed by atoms with Gasteiger partial charge in [-0.3, -0.25) is 0 Å². The van der Waals surface area contributed by atoms with Gasteiger partial charge in [0.25, 0.3) is 0 Å². The summed E-state index contributed by atoms with van der Waals surface area (Å²) in [6, 6.07) is 1.86. The highest BCUT2D eigenvalue weighted by Crippen LogP contribution is 2.12. The molecule has 0 unspecified atom stereocenters. The van der Waals surface area contributed by atoms with Gasteiger partial charge >= 0.3 is 0 Å². The van der Waals surface area contributed by atoms with Crippen LogP contribution in [0, 0.1) is 0 Å². The average Bonchev–Trinajstić information content (AvgIpc) is 2.89. The molecule has 0 atom stereocenters. The van der Waals surface area contributed by atoms with Crippen LogP contribution in [0.5, 0.6) is 0 Å². The molecule has 0 saturated carbocycles. The number of nitrogens with zero attached hydrogens (tertiary/aromatic N) is 4. The van der Waals surface area contributed by atoms with Crippen LogP contribution >= 0.6 is 0 Å². The number of hydrogen-bond acceptors (Lipinski definition) is 7. The molecule has 18 heavy (non-hydrogen) atoms. The third-order valence-corrected chi connectivity index (χ3v) is 2.28. The molecule has 0 aromatic carbocycles. The normalized spacial score (nSPS) is 10.3. The van der Waals surface area contributed by atoms with Gasteiger partial charge in [-0.15, -0.1) is 0 Å². The fraction of sp³-hybridized carbons (Fsp3) is 0.455. The Balaban J connectivity index is 2.08. The first-order valence-corrected chi connectivity index (χ1v) is 5.92. The van der Waals surface area contributed by atoms with E-state index < -0.39 is 0 Å². The van der Waals surface area contributed by atoms with Crippen LogP contribution in [-0.2, 0) is 13.0 Å². The molecular formula is C11H16N6O. The molecule has 7 heteroatoms. The van der Waals surface area contributed by atoms with E-state index in [0.29, 0.717) is 12.4 Å². The molecule has 0 radical (unpaired) electrons. The smallest absolute Gasteiger partial charge is 0.213 e. The lowest BCUT2D eigenvalue weighted by Gasteiger charge is -2.08. The van der Waals surface area contributed by atoms with Crippen molar-refractivity contribution in [2.75, 3.05) is 17.2 Å². The Labute approximate surface area is 105 Å². The van der Waals surface area contributed by atoms with Crippen molar-refractivity contribution in [3.63, 3.8) is 0 Å². The van der Waals surface area contributed by atoms with Crippen molar-refractivity contribution in [2.45, 2.75) is 26.8 Å². The quantitative estimate of drug-likeness (QED) is 0.800. The molecule has 2 N–H and O–H groups in total. The zero-order chi connectivity index (χ0) is 12.8. The molecule has 96 valence electrons. The second kappa shape index (κ2) is 5.95. The largest absolute Gasteiger partial charge is 0.370 e. The highest BCUT2D eigenvalue weighted by Gasteiger charge is 2.04. The van der Waals surface area contributed by atoms with Gasteiger partial charge in [-0.2, -0.15) is 4.98 Å². The molecule has 2 aromatic rings. The van der Waals surface area contributed by atoms with E-state index in [0.717, 1.165) is 30.4 Å². The minimum Gasteiger partial charge on any atom is -0.370 e. The molecular weight excluding hydrogens is 232 g/mol. The molecule has 2 aromatic heterocycles. The summed E-state index contributed by atoms with van der Waals surface area (Å²) in [6.45, 7) is 5.35. The molecule has 0 spiro atoms. The Morgan fingerprint density at radius 1 is 1.11 bits per heavy atom. The van der Waals surface area contributed by atoms with Crippen LogP contribution < -0.4 is 10.6 Å². The zero-order valence-electron chi connectivity index (χ0n) is 10.5. The summed E-state index contributed by atoms with van der Waals surface area (Å²) in [7, 11) is 0. The first kappa shape index (κ1) is 12.3. The fourth-order valence-electron chi connectivity index (χ4n) is 1.46. The maximum absolute atomic E-state index is 4.66. The summed E-state index contributed by atoms with van der Waals surface area (Å²) < 4.78 is 4.66. The van der Waals surface area contributed by atoms with Crippen LogP contribution in [0.15, 0.2) is 17.0 Å². The lowest BCUT2D eigenvalue weighted by molar-refractivity contribution is 0.411. The molecule has 0 aliphatic rings. The summed E-state index contributed by atoms with van der Waals surface area (Å²) in [5, 5.41) is 10.0. The van der Waals surface area contributed by atoms with Crippen molar-refractivity contribution in [3.05, 3.63) is 24.1 Å². The summed E-state index contributed by atoms with van der Waals surface area (Å²) >= 11 is 0. The third-order valence-electron chi connectivity index (χ3n) is 2.28. The van der Waals surface area contributed by atoms with Crippen molar-refractivity contribution < 1.29 is 4.52 Å². The number of aryl methyl sites for hydroxylation is 1. The standard InChI is InChI=1S/C11H16N6O/c1-3-8-15-9(12-4-2)5-10(16-8)13-6-11-14-7-18-17-11/h5,7H,3-4,6H2,1-2H3,(H2,12,13,15,16). The summed E-state index contributed by atoms with van der Waals surface area (Å²) in [5.74, 6) is 2.96. The van der Waals surface area contributed by atoms with Gasteiger partial charge in [0.2, 0.25) is 6.39 Å². The summed E-state index contributed by atoms with van der Waals surface area (Å²) in [6.07, 6.45) is 2.09. The predicted molar refractivity (Wildman–Crippen MR) is 67.2 cm³/mol. The number of hydrogen-bond donors (Lipinski definition) is 2. The monoisotopic (exact) mass is 248 g/mol. The van der Waals surface area contributed by atoms with Gasteiger partial charge < -0.3 is 15.2 Å². The lowest BCUT2D eigenvalue weighted by atomic mass is 10.4. The maximum atomic E-state index is 4.66. The molecule has 7 nitrogen and oxygen atoms in total. The van der Waals surface area contributed by atoms with E-state index in [9.17, 15) is 0 Å². The van der Waals surface area contributed by atoms with E-state index in [2.05, 4.69) is 35.3 Å². The van der Waals surface area contributed by atoms with E-state index >= 15 is 0 Å². The number of aromatic nitrogens is 4. The van der Waals surface area contributed by atoms with Gasteiger partial charge in [0.15, 0.2) is 5.82 Å². The molecule has 2 heterocycles. The Bertz CT molecular complexity index is 484. The Morgan fingerprint density at radius 3 is 2.50 bits per heavy atom. The van der Waals surface area contributed by atoms with Crippen LogP contribution in [0.25, 0.3) is 0 Å². The zero-order valence-corrected chi connectivity index (χ0v) is 10.5. The van der Waals surface area contributed by atoms with E-state index in [-0.39, 0.29) is 0 Å². The Hall–Kier alpha value is -2.18. The van der Waals surface area contributed by atoms with E-state index in [1.807, 2.05) is 19.9 Å². The van der Waals surface area contributed by atoms with Gasteiger partial charge in [-0.25, -0.2) is 9.97 Å². The van der Waals surface area contributed by atoms with Crippen molar-refractivity contribution in [1.29, 1.82) is 0 Å². The van der Waals surface area contributed by atoms with Crippen molar-refractivity contribution >= 4 is 11.6 Å². The van der Waals surface area contributed by atoms with E-state index in [1.54, 1.807) is 0 Å². The summed E-state index contributed by atoms with van der Waals surface area (Å²) in [4.78, 5) is 12.7. The first-order valence-electron chi connectivity index (χ1n) is 5.92. The first-order chi connectivity index (χ1) is 8.81. The van der Waals surface area contributed by atoms with Gasteiger partial charge in [0.05, 0.1) is 6.54 Å². The van der Waals surface area contributed by atoms with E-state index in [4.69, 9.17) is 0 Å². The number of nitrogens with one attached hydrogen (secondary N) is 2. The van der Waals surface area contributed by atoms with Gasteiger partial charge in [0, 0.05) is 19.0 Å². The minimum atomic E-state index is 0.474. The molecule has 0 bridgehead atoms. The molecule has 0 aliphatic carbocycles. The second-order valence-electron chi connectivity index (χ2n) is 3.64. The molecule has 0 saturated heterocycles. The fourth-order valence-corrected chi connectivity index (χ4v) is 1.46. The third kappa shape index (κ3) is 3.16. The predicted octanol–water partition coefficient (Wildman–Crippen LogP) is 1.47. The number of anilines is 2. The Kier molecular flexibility index (Phi) is 4.06. The second-order valence-corrected chi connectivity index (χ2v) is 3.64. The number of rotatable bonds is 6. The van der Waals surface area contributed by atoms with Crippen molar-refractivity contribution in [2.24, 2.45) is 0 Å². The van der Waals surface area contributed by atoms with E-state index in [1.165, 1.54) is 6.39 Å². The highest BCUT2D eigenvalue weighted by molar-refractivity contribution is 5.47. The molecule has 0 amide bonds. The highest BCUT2D eigenvalue weighted by atomic mass is 16.5. The van der Waals surface area contributed by atoms with Crippen LogP contribution in [0.1, 0.15) is 25.5 Å². The van der Waals surface area contributed by atoms with Gasteiger partial charge in [-0.1, -0.05) is 12.1 Å². The molecule has 0 fully saturated rings. The lowest BCUT2D eigenvalue weighted by Crippen LogP contribution is -2.08. The SMILES string of the molecule is CCNc1cc(NCc2ncon2)nc(CC)n1. The average molecular weight is 248 g/mol. The van der Waals surface area contributed by atoms with Crippen LogP contribution in [0.2, 0.25) is 0 Å². The van der Waals surface area contributed by atoms with Crippen LogP contribution in [-0.4, -0.2) is 26.7 Å². The van der Waals surface area contributed by atoms with Gasteiger partial charge in [0.1, 0.15) is 17.5 Å². The summed E-state index contributed by atoms with van der Waals surface area (Å²) in [5.41, 5.74) is 0. The molecule has 2 rings (SSSR count). The maximum Gasteiger partial charge on any atom is 0.213 e. The topological polar surface area (TPSA) is 88.8 Å². The minimum absolute atomic E-state index is 0.474. The molecule has 0 aliphatic heterocycles. The Morgan fingerprint density at radius 2 is 1.89 bits per heavy atom. The van der Waals surface area contributed by atoms with Crippen molar-refractivity contribution in [1.82, 2.24) is 20.1 Å². The van der Waals surface area contributed by atoms with Crippen molar-refractivity contribution in [3.8, 4) is 0 Å². The van der Waals surface area contributed by atoms with Gasteiger partial charge in [-0.05, 0) is 6.92 Å². The van der Waals surface area contributed by atoms with Crippen LogP contribution in [0.3, 0.4) is 0 Å². The van der Waals surface area contributed by atoms with Crippen LogP contribution in [0.4, 0.5) is 11.6 Å².